The van der Waals surface area contributed by atoms with E-state index in [0.717, 1.165) is 17.1 Å². The first-order chi connectivity index (χ1) is 10.6. The lowest BCUT2D eigenvalue weighted by atomic mass is 10.1. The van der Waals surface area contributed by atoms with Gasteiger partial charge in [-0.05, 0) is 17.7 Å². The molecule has 1 unspecified atom stereocenters. The summed E-state index contributed by atoms with van der Waals surface area (Å²) in [6.07, 6.45) is -0.177. The molecule has 7 heteroatoms. The number of thiazole rings is 1. The van der Waals surface area contributed by atoms with Crippen molar-refractivity contribution in [1.29, 1.82) is 0 Å². The molecule has 1 atom stereocenters. The summed E-state index contributed by atoms with van der Waals surface area (Å²) in [6.45, 7) is 2.50. The van der Waals surface area contributed by atoms with Crippen LogP contribution in [0.1, 0.15) is 27.2 Å². The first-order valence-corrected chi connectivity index (χ1v) is 7.77. The van der Waals surface area contributed by atoms with Gasteiger partial charge in [-0.1, -0.05) is 12.1 Å². The number of ether oxygens (including phenoxy) is 1. The number of rotatable bonds is 4. The van der Waals surface area contributed by atoms with Gasteiger partial charge in [0, 0.05) is 18.5 Å². The van der Waals surface area contributed by atoms with Crippen LogP contribution in [-0.4, -0.2) is 40.7 Å². The fourth-order valence-electron chi connectivity index (χ4n) is 2.43. The van der Waals surface area contributed by atoms with E-state index in [1.807, 2.05) is 6.07 Å². The Labute approximate surface area is 131 Å². The van der Waals surface area contributed by atoms with Crippen LogP contribution in [0.3, 0.4) is 0 Å². The number of halogens is 1. The smallest absolute Gasteiger partial charge is 0.355 e. The maximum atomic E-state index is 13.3. The Balaban J connectivity index is 1.66. The number of aromatic carboxylic acids is 1. The van der Waals surface area contributed by atoms with Crippen molar-refractivity contribution in [2.45, 2.75) is 12.6 Å². The van der Waals surface area contributed by atoms with E-state index in [2.05, 4.69) is 9.88 Å². The molecule has 0 amide bonds. The van der Waals surface area contributed by atoms with Gasteiger partial charge in [0.15, 0.2) is 5.69 Å². The van der Waals surface area contributed by atoms with Gasteiger partial charge in [-0.15, -0.1) is 11.3 Å². The average molecular weight is 322 g/mol. The first kappa shape index (κ1) is 15.1. The molecule has 0 bridgehead atoms. The van der Waals surface area contributed by atoms with Crippen LogP contribution in [0.25, 0.3) is 0 Å². The second-order valence-corrected chi connectivity index (χ2v) is 6.02. The summed E-state index contributed by atoms with van der Waals surface area (Å²) in [5, 5.41) is 11.2. The molecule has 1 saturated heterocycles. The first-order valence-electron chi connectivity index (χ1n) is 6.89. The summed E-state index contributed by atoms with van der Waals surface area (Å²) in [4.78, 5) is 17.1. The average Bonchev–Trinajstić information content (AvgIpc) is 2.96. The third kappa shape index (κ3) is 3.49. The number of aromatic nitrogens is 1. The molecule has 2 heterocycles. The van der Waals surface area contributed by atoms with Crippen molar-refractivity contribution in [3.63, 3.8) is 0 Å². The monoisotopic (exact) mass is 322 g/mol. The minimum absolute atomic E-state index is 0.0786. The second kappa shape index (κ2) is 6.51. The predicted molar refractivity (Wildman–Crippen MR) is 79.4 cm³/mol. The number of morpholine rings is 1. The Morgan fingerprint density at radius 3 is 3.14 bits per heavy atom. The molecule has 0 aliphatic carbocycles. The van der Waals surface area contributed by atoms with Crippen LogP contribution in [0.15, 0.2) is 29.6 Å². The number of hydrogen-bond donors (Lipinski definition) is 1. The molecular formula is C15H15FN2O3S. The second-order valence-electron chi connectivity index (χ2n) is 5.08. The van der Waals surface area contributed by atoms with Crippen molar-refractivity contribution in [1.82, 2.24) is 9.88 Å². The van der Waals surface area contributed by atoms with E-state index in [1.165, 1.54) is 23.5 Å². The van der Waals surface area contributed by atoms with Crippen molar-refractivity contribution >= 4 is 17.3 Å². The highest BCUT2D eigenvalue weighted by Gasteiger charge is 2.23. The Morgan fingerprint density at radius 1 is 1.55 bits per heavy atom. The zero-order chi connectivity index (χ0) is 15.5. The lowest BCUT2D eigenvalue weighted by Gasteiger charge is -2.32. The van der Waals surface area contributed by atoms with Crippen LogP contribution in [0.4, 0.5) is 4.39 Å². The zero-order valence-electron chi connectivity index (χ0n) is 11.7. The third-order valence-corrected chi connectivity index (χ3v) is 4.33. The number of hydrogen-bond acceptors (Lipinski definition) is 5. The predicted octanol–water partition coefficient (Wildman–Crippen LogP) is 2.55. The van der Waals surface area contributed by atoms with Gasteiger partial charge in [0.1, 0.15) is 10.8 Å². The zero-order valence-corrected chi connectivity index (χ0v) is 12.6. The summed E-state index contributed by atoms with van der Waals surface area (Å²) in [6, 6.07) is 6.42. The van der Waals surface area contributed by atoms with Crippen LogP contribution < -0.4 is 0 Å². The lowest BCUT2D eigenvalue weighted by molar-refractivity contribution is -0.0330. The highest BCUT2D eigenvalue weighted by molar-refractivity contribution is 7.09. The Morgan fingerprint density at radius 2 is 2.41 bits per heavy atom. The minimum atomic E-state index is -1.01. The summed E-state index contributed by atoms with van der Waals surface area (Å²) in [7, 11) is 0. The number of benzene rings is 1. The molecule has 1 N–H and O–H groups in total. The molecule has 116 valence electrons. The van der Waals surface area contributed by atoms with Crippen molar-refractivity contribution in [2.75, 3.05) is 19.7 Å². The Bertz CT molecular complexity index is 676. The fraction of sp³-hybridized carbons (Fsp3) is 0.333. The lowest BCUT2D eigenvalue weighted by Crippen LogP contribution is -2.37. The third-order valence-electron chi connectivity index (χ3n) is 3.50. The Hall–Kier alpha value is -1.83. The quantitative estimate of drug-likeness (QED) is 0.937. The van der Waals surface area contributed by atoms with E-state index in [1.54, 1.807) is 11.4 Å². The highest BCUT2D eigenvalue weighted by Crippen LogP contribution is 2.24. The van der Waals surface area contributed by atoms with Crippen LogP contribution in [-0.2, 0) is 11.3 Å². The molecule has 1 aliphatic heterocycles. The fourth-order valence-corrected chi connectivity index (χ4v) is 3.24. The Kier molecular flexibility index (Phi) is 4.47. The summed E-state index contributed by atoms with van der Waals surface area (Å²) < 4.78 is 19.0. The number of carboxylic acids is 1. The molecule has 1 aromatic heterocycles. The van der Waals surface area contributed by atoms with E-state index in [9.17, 15) is 9.18 Å². The summed E-state index contributed by atoms with van der Waals surface area (Å²) in [5.41, 5.74) is 0.894. The van der Waals surface area contributed by atoms with Gasteiger partial charge in [-0.2, -0.15) is 0 Å². The van der Waals surface area contributed by atoms with Gasteiger partial charge in [0.2, 0.25) is 0 Å². The summed E-state index contributed by atoms with van der Waals surface area (Å²) in [5.74, 6) is -1.29. The van der Waals surface area contributed by atoms with Crippen molar-refractivity contribution in [3.8, 4) is 0 Å². The van der Waals surface area contributed by atoms with E-state index in [-0.39, 0.29) is 17.6 Å². The maximum absolute atomic E-state index is 13.3. The van der Waals surface area contributed by atoms with Crippen LogP contribution in [0.2, 0.25) is 0 Å². The van der Waals surface area contributed by atoms with Gasteiger partial charge in [-0.25, -0.2) is 14.2 Å². The summed E-state index contributed by atoms with van der Waals surface area (Å²) >= 11 is 1.34. The highest BCUT2D eigenvalue weighted by atomic mass is 32.1. The molecule has 2 aromatic rings. The number of nitrogens with zero attached hydrogens (tertiary/aromatic N) is 2. The molecule has 0 saturated carbocycles. The molecule has 5 nitrogen and oxygen atoms in total. The maximum Gasteiger partial charge on any atom is 0.355 e. The molecule has 1 aromatic carbocycles. The SMILES string of the molecule is O=C(O)c1csc(CN2CCOC(c3cccc(F)c3)C2)n1. The van der Waals surface area contributed by atoms with E-state index >= 15 is 0 Å². The van der Waals surface area contributed by atoms with Crippen molar-refractivity contribution in [3.05, 3.63) is 51.7 Å². The molecule has 0 spiro atoms. The minimum Gasteiger partial charge on any atom is -0.476 e. The van der Waals surface area contributed by atoms with Gasteiger partial charge < -0.3 is 9.84 Å². The van der Waals surface area contributed by atoms with Crippen LogP contribution >= 0.6 is 11.3 Å². The molecule has 1 fully saturated rings. The van der Waals surface area contributed by atoms with Gasteiger partial charge in [0.05, 0.1) is 19.3 Å². The van der Waals surface area contributed by atoms with Crippen molar-refractivity contribution < 1.29 is 19.0 Å². The van der Waals surface area contributed by atoms with Gasteiger partial charge >= 0.3 is 5.97 Å². The molecule has 22 heavy (non-hydrogen) atoms. The number of carboxylic acid groups (broad SMARTS) is 1. The van der Waals surface area contributed by atoms with Crippen LogP contribution in [0.5, 0.6) is 0 Å². The molecular weight excluding hydrogens is 307 g/mol. The topological polar surface area (TPSA) is 62.7 Å². The van der Waals surface area contributed by atoms with Gasteiger partial charge in [0.25, 0.3) is 0 Å². The van der Waals surface area contributed by atoms with Gasteiger partial charge in [-0.3, -0.25) is 4.90 Å². The molecule has 0 radical (unpaired) electrons. The van der Waals surface area contributed by atoms with E-state index in [4.69, 9.17) is 9.84 Å². The standard InChI is InChI=1S/C15H15FN2O3S/c16-11-3-1-2-10(6-11)13-7-18(4-5-21-13)8-14-17-12(9-22-14)15(19)20/h1-3,6,9,13H,4-5,7-8H2,(H,19,20). The van der Waals surface area contributed by atoms with E-state index < -0.39 is 5.97 Å². The van der Waals surface area contributed by atoms with Crippen molar-refractivity contribution in [2.24, 2.45) is 0 Å². The van der Waals surface area contributed by atoms with E-state index in [0.29, 0.717) is 19.7 Å². The molecule has 3 rings (SSSR count). The van der Waals surface area contributed by atoms with Crippen LogP contribution in [0, 0.1) is 5.82 Å². The largest absolute Gasteiger partial charge is 0.476 e. The number of carbonyl (C=O) groups is 1. The normalized spacial score (nSPS) is 19.2. The molecule has 1 aliphatic rings.